The second kappa shape index (κ2) is 12.2. The molecule has 3 aliphatic heterocycles. The van der Waals surface area contributed by atoms with Crippen LogP contribution < -0.4 is 21.5 Å². The van der Waals surface area contributed by atoms with Gasteiger partial charge < -0.3 is 41.0 Å². The highest BCUT2D eigenvalue weighted by atomic mass is 79.9. The fourth-order valence-corrected chi connectivity index (χ4v) is 6.25. The first kappa shape index (κ1) is 33.9. The molecule has 12 heteroatoms. The smallest absolute Gasteiger partial charge is 0.410 e. The minimum Gasteiger partial charge on any atom is -1.00 e. The van der Waals surface area contributed by atoms with E-state index in [0.29, 0.717) is 35.7 Å². The number of halogens is 1. The SMILES string of the molecule is CC(C)(C)OC(=O)C[n+]1ccc(SC(=O)C2=C(C(=O)OC(C)(C)C)N3C[C@H]4[C@H]3C2CCN4C(=O)OC(C)(C)C)cc1.[Br-]. The van der Waals surface area contributed by atoms with Gasteiger partial charge in [0.2, 0.25) is 11.7 Å². The lowest BCUT2D eigenvalue weighted by atomic mass is 9.79. The van der Waals surface area contributed by atoms with Gasteiger partial charge in [0.05, 0.1) is 12.1 Å². The van der Waals surface area contributed by atoms with Crippen molar-refractivity contribution in [3.05, 3.63) is 35.8 Å². The number of esters is 2. The lowest BCUT2D eigenvalue weighted by Gasteiger charge is -2.55. The van der Waals surface area contributed by atoms with Crippen LogP contribution in [0.5, 0.6) is 0 Å². The van der Waals surface area contributed by atoms with Gasteiger partial charge in [0.15, 0.2) is 12.4 Å². The molecule has 2 saturated heterocycles. The average Bonchev–Trinajstić information content (AvgIpc) is 3.07. The van der Waals surface area contributed by atoms with Crippen LogP contribution in [0.4, 0.5) is 4.79 Å². The first-order valence-corrected chi connectivity index (χ1v) is 14.8. The van der Waals surface area contributed by atoms with Crippen molar-refractivity contribution in [1.29, 1.82) is 0 Å². The number of nitrogens with zero attached hydrogens (tertiary/aromatic N) is 3. The molecule has 0 saturated carbocycles. The highest BCUT2D eigenvalue weighted by molar-refractivity contribution is 8.14. The Bertz CT molecular complexity index is 1260. The Morgan fingerprint density at radius 3 is 2.02 bits per heavy atom. The number of amides is 1. The standard InChI is InChI=1S/C30H42N3O7S.BrH/c1-28(2,3)38-21(34)17-31-13-10-18(11-14-31)41-26(36)22-19-12-15-32(27(37)40-30(7,8)9)20-16-33(23(19)20)24(22)25(35)39-29(4,5)6;/h10-11,13-14,19-20,23H,12,15-17H2,1-9H3;1H/q+1;/p-1/t19?,20-,23+;/m0./s1. The van der Waals surface area contributed by atoms with Crippen LogP contribution in [-0.2, 0) is 35.1 Å². The quantitative estimate of drug-likeness (QED) is 0.196. The van der Waals surface area contributed by atoms with Gasteiger partial charge in [0.1, 0.15) is 22.5 Å². The van der Waals surface area contributed by atoms with Crippen LogP contribution in [0.25, 0.3) is 0 Å². The molecule has 1 aromatic rings. The first-order chi connectivity index (χ1) is 18.8. The van der Waals surface area contributed by atoms with Crippen molar-refractivity contribution in [3.63, 3.8) is 0 Å². The topological polar surface area (TPSA) is 106 Å². The van der Waals surface area contributed by atoms with Crippen molar-refractivity contribution in [1.82, 2.24) is 9.80 Å². The molecule has 42 heavy (non-hydrogen) atoms. The number of carbonyl (C=O) groups excluding carboxylic acids is 4. The number of rotatable bonds is 5. The maximum absolute atomic E-state index is 13.8. The van der Waals surface area contributed by atoms with Crippen LogP contribution in [0.3, 0.4) is 0 Å². The van der Waals surface area contributed by atoms with Gasteiger partial charge in [-0.05, 0) is 80.5 Å². The summed E-state index contributed by atoms with van der Waals surface area (Å²) < 4.78 is 18.4. The summed E-state index contributed by atoms with van der Waals surface area (Å²) in [5, 5.41) is -0.223. The van der Waals surface area contributed by atoms with Gasteiger partial charge in [-0.1, -0.05) is 0 Å². The molecule has 4 rings (SSSR count). The second-order valence-corrected chi connectivity index (χ2v) is 14.8. The number of thioether (sulfide) groups is 1. The Balaban J connectivity index is 0.00000484. The molecular formula is C30H42BrN3O7S. The largest absolute Gasteiger partial charge is 1.00 e. The van der Waals surface area contributed by atoms with Gasteiger partial charge in [-0.25, -0.2) is 14.4 Å². The number of aromatic nitrogens is 1. The number of likely N-dealkylation sites (tertiary alicyclic amines) is 1. The molecule has 2 fully saturated rings. The van der Waals surface area contributed by atoms with Crippen LogP contribution in [0.2, 0.25) is 0 Å². The summed E-state index contributed by atoms with van der Waals surface area (Å²) in [6, 6.07) is 3.20. The molecule has 0 N–H and O–H groups in total. The van der Waals surface area contributed by atoms with E-state index in [1.165, 1.54) is 0 Å². The lowest BCUT2D eigenvalue weighted by Crippen LogP contribution is -3.00. The third-order valence-electron chi connectivity index (χ3n) is 6.79. The minimum atomic E-state index is -0.729. The monoisotopic (exact) mass is 667 g/mol. The zero-order chi connectivity index (χ0) is 30.5. The zero-order valence-corrected chi connectivity index (χ0v) is 28.3. The van der Waals surface area contributed by atoms with Crippen LogP contribution in [0, 0.1) is 5.92 Å². The fourth-order valence-electron chi connectivity index (χ4n) is 5.42. The van der Waals surface area contributed by atoms with E-state index in [4.69, 9.17) is 14.2 Å². The van der Waals surface area contributed by atoms with Crippen LogP contribution in [0.1, 0.15) is 68.7 Å². The third kappa shape index (κ3) is 7.86. The van der Waals surface area contributed by atoms with Gasteiger partial charge >= 0.3 is 18.0 Å². The molecule has 10 nitrogen and oxygen atoms in total. The molecule has 1 aromatic heterocycles. The summed E-state index contributed by atoms with van der Waals surface area (Å²) in [6.45, 7) is 17.3. The highest BCUT2D eigenvalue weighted by Crippen LogP contribution is 2.50. The molecule has 3 aliphatic rings. The normalized spacial score (nSPS) is 21.6. The number of ether oxygens (including phenoxy) is 3. The Hall–Kier alpha value is -2.60. The van der Waals surface area contributed by atoms with Gasteiger partial charge in [-0.3, -0.25) is 4.79 Å². The summed E-state index contributed by atoms with van der Waals surface area (Å²) in [7, 11) is 0. The summed E-state index contributed by atoms with van der Waals surface area (Å²) in [5.41, 5.74) is -1.17. The number of piperidine rings is 1. The van der Waals surface area contributed by atoms with Gasteiger partial charge in [0, 0.05) is 41.6 Å². The maximum Gasteiger partial charge on any atom is 0.410 e. The summed E-state index contributed by atoms with van der Waals surface area (Å²) >= 11 is 1.04. The van der Waals surface area contributed by atoms with E-state index >= 15 is 0 Å². The van der Waals surface area contributed by atoms with E-state index in [2.05, 4.69) is 0 Å². The molecule has 1 amide bonds. The molecule has 232 valence electrons. The van der Waals surface area contributed by atoms with E-state index in [9.17, 15) is 19.2 Å². The summed E-state index contributed by atoms with van der Waals surface area (Å²) in [5.74, 6) is -1.08. The number of hydrogen-bond donors (Lipinski definition) is 0. The van der Waals surface area contributed by atoms with E-state index in [-0.39, 0.29) is 58.7 Å². The van der Waals surface area contributed by atoms with E-state index in [1.54, 1.807) is 54.8 Å². The van der Waals surface area contributed by atoms with Crippen molar-refractivity contribution in [3.8, 4) is 0 Å². The van der Waals surface area contributed by atoms with Crippen LogP contribution in [0.15, 0.2) is 40.7 Å². The van der Waals surface area contributed by atoms with Crippen molar-refractivity contribution >= 4 is 34.9 Å². The Morgan fingerprint density at radius 1 is 0.905 bits per heavy atom. The minimum absolute atomic E-state index is 0. The van der Waals surface area contributed by atoms with E-state index < -0.39 is 22.8 Å². The molecular weight excluding hydrogens is 626 g/mol. The molecule has 0 aliphatic carbocycles. The highest BCUT2D eigenvalue weighted by Gasteiger charge is 2.60. The van der Waals surface area contributed by atoms with Crippen molar-refractivity contribution in [2.24, 2.45) is 5.92 Å². The molecule has 0 bridgehead atoms. The predicted molar refractivity (Wildman–Crippen MR) is 152 cm³/mol. The van der Waals surface area contributed by atoms with Crippen molar-refractivity contribution < 1.29 is 54.9 Å². The van der Waals surface area contributed by atoms with E-state index in [0.717, 1.165) is 11.8 Å². The van der Waals surface area contributed by atoms with Crippen molar-refractivity contribution in [2.75, 3.05) is 13.1 Å². The molecule has 4 heterocycles. The van der Waals surface area contributed by atoms with Crippen LogP contribution >= 0.6 is 11.8 Å². The Labute approximate surface area is 262 Å². The van der Waals surface area contributed by atoms with Crippen molar-refractivity contribution in [2.45, 2.75) is 109 Å². The molecule has 0 aromatic carbocycles. The van der Waals surface area contributed by atoms with Gasteiger partial charge in [-0.15, -0.1) is 0 Å². The molecule has 0 spiro atoms. The number of hydrogen-bond acceptors (Lipinski definition) is 9. The van der Waals surface area contributed by atoms with Gasteiger partial charge in [0.25, 0.3) is 0 Å². The predicted octanol–water partition coefficient (Wildman–Crippen LogP) is 0.858. The van der Waals surface area contributed by atoms with E-state index in [1.807, 2.05) is 46.4 Å². The lowest BCUT2D eigenvalue weighted by molar-refractivity contribution is -0.686. The number of carbonyl (C=O) groups is 4. The van der Waals surface area contributed by atoms with Crippen LogP contribution in [-0.4, -0.2) is 74.9 Å². The fraction of sp³-hybridized carbons (Fsp3) is 0.633. The number of pyridine rings is 1. The summed E-state index contributed by atoms with van der Waals surface area (Å²) in [6.07, 6.45) is 3.60. The van der Waals surface area contributed by atoms with Gasteiger partial charge in [-0.2, -0.15) is 4.57 Å². The second-order valence-electron chi connectivity index (χ2n) is 13.7. The Kier molecular flexibility index (Phi) is 9.83. The molecule has 0 radical (unpaired) electrons. The third-order valence-corrected chi connectivity index (χ3v) is 7.70. The molecule has 1 unspecified atom stereocenters. The first-order valence-electron chi connectivity index (χ1n) is 14.0. The zero-order valence-electron chi connectivity index (χ0n) is 25.9. The average molecular weight is 669 g/mol. The summed E-state index contributed by atoms with van der Waals surface area (Å²) in [4.78, 5) is 56.7. The molecule has 3 atom stereocenters. The maximum atomic E-state index is 13.8. The Morgan fingerprint density at radius 2 is 1.48 bits per heavy atom.